The Morgan fingerprint density at radius 2 is 2.33 bits per heavy atom. The molecular weight excluding hydrogens is 284 g/mol. The molecule has 2 atom stereocenters. The minimum atomic E-state index is -3.10. The number of rotatable bonds is 5. The SMILES string of the molecule is CC(F)(F)c1cc(C=O)nc(OCC2OCCCC2O)c1. The second-order valence-corrected chi connectivity index (χ2v) is 5.05. The van der Waals surface area contributed by atoms with Crippen molar-refractivity contribution in [3.05, 3.63) is 23.4 Å². The lowest BCUT2D eigenvalue weighted by Crippen LogP contribution is -2.38. The average molecular weight is 301 g/mol. The van der Waals surface area contributed by atoms with E-state index in [1.807, 2.05) is 0 Å². The van der Waals surface area contributed by atoms with Gasteiger partial charge in [-0.3, -0.25) is 4.79 Å². The lowest BCUT2D eigenvalue weighted by atomic mass is 10.1. The minimum Gasteiger partial charge on any atom is -0.475 e. The molecule has 1 N–H and O–H groups in total. The molecule has 1 saturated heterocycles. The largest absolute Gasteiger partial charge is 0.475 e. The van der Waals surface area contributed by atoms with Gasteiger partial charge in [-0.15, -0.1) is 0 Å². The molecule has 0 saturated carbocycles. The Balaban J connectivity index is 2.10. The molecule has 5 nitrogen and oxygen atoms in total. The summed E-state index contributed by atoms with van der Waals surface area (Å²) in [4.78, 5) is 14.6. The molecule has 1 aromatic rings. The van der Waals surface area contributed by atoms with Crippen LogP contribution in [0.1, 0.15) is 35.8 Å². The van der Waals surface area contributed by atoms with Crippen molar-refractivity contribution in [3.8, 4) is 5.88 Å². The lowest BCUT2D eigenvalue weighted by Gasteiger charge is -2.27. The molecule has 116 valence electrons. The van der Waals surface area contributed by atoms with Crippen LogP contribution in [0.5, 0.6) is 5.88 Å². The van der Waals surface area contributed by atoms with E-state index in [0.29, 0.717) is 19.3 Å². The highest BCUT2D eigenvalue weighted by molar-refractivity contribution is 5.72. The number of carbonyl (C=O) groups is 1. The fourth-order valence-electron chi connectivity index (χ4n) is 2.06. The van der Waals surface area contributed by atoms with Crippen molar-refractivity contribution >= 4 is 6.29 Å². The first kappa shape index (κ1) is 15.8. The Morgan fingerprint density at radius 3 is 2.95 bits per heavy atom. The third-order valence-corrected chi connectivity index (χ3v) is 3.25. The van der Waals surface area contributed by atoms with Gasteiger partial charge in [-0.05, 0) is 18.9 Å². The number of halogens is 2. The Bertz CT molecular complexity index is 504. The summed E-state index contributed by atoms with van der Waals surface area (Å²) in [5, 5.41) is 9.73. The average Bonchev–Trinajstić information content (AvgIpc) is 2.45. The molecule has 2 unspecified atom stereocenters. The molecule has 0 spiro atoms. The lowest BCUT2D eigenvalue weighted by molar-refractivity contribution is -0.0906. The summed E-state index contributed by atoms with van der Waals surface area (Å²) in [6, 6.07) is 2.11. The molecule has 1 fully saturated rings. The zero-order valence-corrected chi connectivity index (χ0v) is 11.6. The smallest absolute Gasteiger partial charge is 0.270 e. The number of aldehydes is 1. The maximum absolute atomic E-state index is 13.3. The fraction of sp³-hybridized carbons (Fsp3) is 0.571. The molecule has 2 rings (SSSR count). The third kappa shape index (κ3) is 4.18. The Labute approximate surface area is 120 Å². The van der Waals surface area contributed by atoms with Gasteiger partial charge >= 0.3 is 0 Å². The summed E-state index contributed by atoms with van der Waals surface area (Å²) in [6.07, 6.45) is 0.580. The van der Waals surface area contributed by atoms with Crippen molar-refractivity contribution in [3.63, 3.8) is 0 Å². The van der Waals surface area contributed by atoms with Gasteiger partial charge in [0.05, 0.1) is 6.10 Å². The number of aliphatic hydroxyl groups is 1. The van der Waals surface area contributed by atoms with Gasteiger partial charge in [-0.1, -0.05) is 0 Å². The maximum Gasteiger partial charge on any atom is 0.270 e. The molecular formula is C14H17F2NO4. The van der Waals surface area contributed by atoms with Crippen LogP contribution in [0.2, 0.25) is 0 Å². The molecule has 0 amide bonds. The molecule has 0 radical (unpaired) electrons. The highest BCUT2D eigenvalue weighted by Gasteiger charge is 2.27. The van der Waals surface area contributed by atoms with E-state index < -0.39 is 18.1 Å². The fourth-order valence-corrected chi connectivity index (χ4v) is 2.06. The number of pyridine rings is 1. The highest BCUT2D eigenvalue weighted by Crippen LogP contribution is 2.29. The maximum atomic E-state index is 13.3. The van der Waals surface area contributed by atoms with Gasteiger partial charge < -0.3 is 14.6 Å². The summed E-state index contributed by atoms with van der Waals surface area (Å²) < 4.78 is 37.3. The van der Waals surface area contributed by atoms with Crippen molar-refractivity contribution in [2.45, 2.75) is 37.9 Å². The van der Waals surface area contributed by atoms with Crippen molar-refractivity contribution in [1.29, 1.82) is 0 Å². The van der Waals surface area contributed by atoms with Crippen LogP contribution in [-0.2, 0) is 10.7 Å². The van der Waals surface area contributed by atoms with Gasteiger partial charge in [-0.2, -0.15) is 0 Å². The molecule has 7 heteroatoms. The number of aliphatic hydroxyl groups excluding tert-OH is 1. The standard InChI is InChI=1S/C14H17F2NO4/c1-14(15,16)9-5-10(7-18)17-13(6-9)21-8-12-11(19)3-2-4-20-12/h5-7,11-12,19H,2-4,8H2,1H3. The van der Waals surface area contributed by atoms with Crippen molar-refractivity contribution in [1.82, 2.24) is 4.98 Å². The second-order valence-electron chi connectivity index (χ2n) is 5.05. The zero-order valence-electron chi connectivity index (χ0n) is 11.6. The first-order valence-corrected chi connectivity index (χ1v) is 6.68. The van der Waals surface area contributed by atoms with Crippen LogP contribution in [0, 0.1) is 0 Å². The number of carbonyl (C=O) groups excluding carboxylic acids is 1. The quantitative estimate of drug-likeness (QED) is 0.842. The molecule has 0 bridgehead atoms. The number of nitrogens with zero attached hydrogens (tertiary/aromatic N) is 1. The minimum absolute atomic E-state index is 0.00873. The first-order chi connectivity index (χ1) is 9.90. The van der Waals surface area contributed by atoms with E-state index in [-0.39, 0.29) is 23.7 Å². The van der Waals surface area contributed by atoms with E-state index in [9.17, 15) is 18.7 Å². The number of aromatic nitrogens is 1. The van der Waals surface area contributed by atoms with Gasteiger partial charge in [0.25, 0.3) is 5.92 Å². The van der Waals surface area contributed by atoms with Crippen LogP contribution in [0.25, 0.3) is 0 Å². The van der Waals surface area contributed by atoms with Crippen LogP contribution in [-0.4, -0.2) is 41.8 Å². The van der Waals surface area contributed by atoms with Crippen LogP contribution < -0.4 is 4.74 Å². The summed E-state index contributed by atoms with van der Waals surface area (Å²) in [6.45, 7) is 1.24. The van der Waals surface area contributed by atoms with E-state index in [4.69, 9.17) is 9.47 Å². The van der Waals surface area contributed by atoms with E-state index in [2.05, 4.69) is 4.98 Å². The summed E-state index contributed by atoms with van der Waals surface area (Å²) in [5.41, 5.74) is -0.478. The molecule has 1 aliphatic rings. The summed E-state index contributed by atoms with van der Waals surface area (Å²) in [7, 11) is 0. The van der Waals surface area contributed by atoms with Crippen LogP contribution in [0.15, 0.2) is 12.1 Å². The predicted molar refractivity (Wildman–Crippen MR) is 69.7 cm³/mol. The van der Waals surface area contributed by atoms with Crippen molar-refractivity contribution < 1.29 is 28.2 Å². The van der Waals surface area contributed by atoms with E-state index in [0.717, 1.165) is 25.5 Å². The Hall–Kier alpha value is -1.60. The van der Waals surface area contributed by atoms with Gasteiger partial charge in [-0.25, -0.2) is 13.8 Å². The van der Waals surface area contributed by atoms with Crippen LogP contribution >= 0.6 is 0 Å². The topological polar surface area (TPSA) is 68.7 Å². The molecule has 1 aromatic heterocycles. The molecule has 2 heterocycles. The summed E-state index contributed by atoms with van der Waals surface area (Å²) in [5.74, 6) is -3.18. The molecule has 0 aliphatic carbocycles. The number of alkyl halides is 2. The van der Waals surface area contributed by atoms with E-state index in [1.54, 1.807) is 0 Å². The van der Waals surface area contributed by atoms with Gasteiger partial charge in [0.1, 0.15) is 18.4 Å². The molecule has 21 heavy (non-hydrogen) atoms. The van der Waals surface area contributed by atoms with Crippen LogP contribution in [0.3, 0.4) is 0 Å². The third-order valence-electron chi connectivity index (χ3n) is 3.25. The zero-order chi connectivity index (χ0) is 15.5. The predicted octanol–water partition coefficient (Wildman–Crippen LogP) is 1.92. The summed E-state index contributed by atoms with van der Waals surface area (Å²) >= 11 is 0. The van der Waals surface area contributed by atoms with E-state index in [1.165, 1.54) is 0 Å². The van der Waals surface area contributed by atoms with Crippen molar-refractivity contribution in [2.75, 3.05) is 13.2 Å². The monoisotopic (exact) mass is 301 g/mol. The number of hydrogen-bond donors (Lipinski definition) is 1. The van der Waals surface area contributed by atoms with Gasteiger partial charge in [0, 0.05) is 25.2 Å². The second kappa shape index (κ2) is 6.44. The molecule has 0 aromatic carbocycles. The van der Waals surface area contributed by atoms with Crippen LogP contribution in [0.4, 0.5) is 8.78 Å². The number of ether oxygens (including phenoxy) is 2. The Kier molecular flexibility index (Phi) is 4.84. The van der Waals surface area contributed by atoms with Gasteiger partial charge in [0.2, 0.25) is 5.88 Å². The number of hydrogen-bond acceptors (Lipinski definition) is 5. The molecule has 1 aliphatic heterocycles. The highest BCUT2D eigenvalue weighted by atomic mass is 19.3. The Morgan fingerprint density at radius 1 is 1.57 bits per heavy atom. The first-order valence-electron chi connectivity index (χ1n) is 6.68. The normalized spacial score (nSPS) is 22.9. The van der Waals surface area contributed by atoms with Crippen molar-refractivity contribution in [2.24, 2.45) is 0 Å². The van der Waals surface area contributed by atoms with E-state index >= 15 is 0 Å². The van der Waals surface area contributed by atoms with Gasteiger partial charge in [0.15, 0.2) is 6.29 Å².